The molecule has 31 heavy (non-hydrogen) atoms. The highest BCUT2D eigenvalue weighted by molar-refractivity contribution is 8.00. The molecule has 2 aromatic carbocycles. The quantitative estimate of drug-likeness (QED) is 0.467. The number of hydrogen-bond acceptors (Lipinski definition) is 6. The molecule has 0 bridgehead atoms. The van der Waals surface area contributed by atoms with Crippen LogP contribution in [0.25, 0.3) is 27.9 Å². The summed E-state index contributed by atoms with van der Waals surface area (Å²) in [5.41, 5.74) is 2.56. The highest BCUT2D eigenvalue weighted by Gasteiger charge is 2.23. The number of nitrogens with one attached hydrogen (secondary N) is 1. The van der Waals surface area contributed by atoms with E-state index in [-0.39, 0.29) is 17.3 Å². The largest absolute Gasteiger partial charge is 0.376 e. The summed E-state index contributed by atoms with van der Waals surface area (Å²) in [6, 6.07) is 17.9. The Morgan fingerprint density at radius 3 is 2.81 bits per heavy atom. The van der Waals surface area contributed by atoms with Gasteiger partial charge in [-0.05, 0) is 31.9 Å². The van der Waals surface area contributed by atoms with Crippen molar-refractivity contribution in [3.8, 4) is 11.4 Å². The number of thioether (sulfide) groups is 1. The average Bonchev–Trinajstić information content (AvgIpc) is 3.48. The van der Waals surface area contributed by atoms with Crippen LogP contribution in [-0.4, -0.2) is 50.0 Å². The minimum Gasteiger partial charge on any atom is -0.376 e. The molecule has 1 fully saturated rings. The number of fused-ring (bicyclic) bond motifs is 3. The van der Waals surface area contributed by atoms with Gasteiger partial charge in [0.15, 0.2) is 10.8 Å². The van der Waals surface area contributed by atoms with Crippen LogP contribution in [0.5, 0.6) is 0 Å². The highest BCUT2D eigenvalue weighted by Crippen LogP contribution is 2.30. The van der Waals surface area contributed by atoms with Gasteiger partial charge in [-0.25, -0.2) is 4.98 Å². The van der Waals surface area contributed by atoms with Crippen molar-refractivity contribution >= 4 is 34.2 Å². The normalized spacial score (nSPS) is 17.3. The second-order valence-electron chi connectivity index (χ2n) is 7.60. The number of hydrogen-bond donors (Lipinski definition) is 1. The SMILES string of the molecule is CC(Sc1nnc2c3ccccc3nc(-c3ccccc3)n12)C(=O)NCC1CCCO1. The van der Waals surface area contributed by atoms with Crippen LogP contribution in [0.1, 0.15) is 19.8 Å². The van der Waals surface area contributed by atoms with Gasteiger partial charge in [0.1, 0.15) is 5.82 Å². The number of ether oxygens (including phenoxy) is 1. The monoisotopic (exact) mass is 433 g/mol. The Labute approximate surface area is 184 Å². The molecular weight excluding hydrogens is 410 g/mol. The van der Waals surface area contributed by atoms with E-state index >= 15 is 0 Å². The molecule has 0 radical (unpaired) electrons. The summed E-state index contributed by atoms with van der Waals surface area (Å²) < 4.78 is 7.55. The van der Waals surface area contributed by atoms with Crippen molar-refractivity contribution in [3.63, 3.8) is 0 Å². The van der Waals surface area contributed by atoms with E-state index in [1.54, 1.807) is 0 Å². The molecule has 158 valence electrons. The summed E-state index contributed by atoms with van der Waals surface area (Å²) in [5, 5.41) is 13.1. The molecule has 3 heterocycles. The topological polar surface area (TPSA) is 81.4 Å². The number of carbonyl (C=O) groups is 1. The lowest BCUT2D eigenvalue weighted by atomic mass is 10.2. The number of para-hydroxylation sites is 1. The van der Waals surface area contributed by atoms with Crippen molar-refractivity contribution < 1.29 is 9.53 Å². The van der Waals surface area contributed by atoms with Gasteiger partial charge in [0.25, 0.3) is 0 Å². The standard InChI is InChI=1S/C23H23N5O2S/c1-15(22(29)24-14-17-10-7-13-30-17)31-23-27-26-21-18-11-5-6-12-19(18)25-20(28(21)23)16-8-3-2-4-9-16/h2-6,8-9,11-12,15,17H,7,10,13-14H2,1H3,(H,24,29). The van der Waals surface area contributed by atoms with Crippen molar-refractivity contribution in [2.45, 2.75) is 36.3 Å². The van der Waals surface area contributed by atoms with Gasteiger partial charge in [-0.3, -0.25) is 9.20 Å². The molecule has 2 aromatic heterocycles. The van der Waals surface area contributed by atoms with Crippen LogP contribution in [0, 0.1) is 0 Å². The number of benzene rings is 2. The maximum atomic E-state index is 12.7. The average molecular weight is 434 g/mol. The van der Waals surface area contributed by atoms with Gasteiger partial charge in [-0.2, -0.15) is 0 Å². The predicted molar refractivity (Wildman–Crippen MR) is 121 cm³/mol. The van der Waals surface area contributed by atoms with E-state index in [4.69, 9.17) is 9.72 Å². The second kappa shape index (κ2) is 8.64. The molecule has 2 unspecified atom stereocenters. The zero-order valence-corrected chi connectivity index (χ0v) is 18.0. The molecule has 1 aliphatic rings. The molecule has 1 saturated heterocycles. The molecular formula is C23H23N5O2S. The Hall–Kier alpha value is -2.97. The van der Waals surface area contributed by atoms with Crippen molar-refractivity contribution in [1.29, 1.82) is 0 Å². The van der Waals surface area contributed by atoms with Gasteiger partial charge in [0.05, 0.1) is 16.9 Å². The number of amides is 1. The van der Waals surface area contributed by atoms with E-state index in [2.05, 4.69) is 15.5 Å². The summed E-state index contributed by atoms with van der Waals surface area (Å²) in [5.74, 6) is 0.723. The van der Waals surface area contributed by atoms with Crippen molar-refractivity contribution in [2.24, 2.45) is 0 Å². The van der Waals surface area contributed by atoms with Gasteiger partial charge in [-0.1, -0.05) is 54.2 Å². The number of aromatic nitrogens is 4. The smallest absolute Gasteiger partial charge is 0.233 e. The van der Waals surface area contributed by atoms with Crippen molar-refractivity contribution in [3.05, 3.63) is 54.6 Å². The first-order valence-corrected chi connectivity index (χ1v) is 11.3. The van der Waals surface area contributed by atoms with Gasteiger partial charge >= 0.3 is 0 Å². The Kier molecular flexibility index (Phi) is 5.57. The van der Waals surface area contributed by atoms with E-state index in [0.29, 0.717) is 11.7 Å². The van der Waals surface area contributed by atoms with Gasteiger partial charge in [-0.15, -0.1) is 10.2 Å². The molecule has 0 saturated carbocycles. The zero-order chi connectivity index (χ0) is 21.2. The molecule has 1 amide bonds. The molecule has 1 N–H and O–H groups in total. The second-order valence-corrected chi connectivity index (χ2v) is 8.91. The highest BCUT2D eigenvalue weighted by atomic mass is 32.2. The Morgan fingerprint density at radius 2 is 2.00 bits per heavy atom. The van der Waals surface area contributed by atoms with Crippen LogP contribution in [0.2, 0.25) is 0 Å². The Morgan fingerprint density at radius 1 is 1.19 bits per heavy atom. The third-order valence-electron chi connectivity index (χ3n) is 5.43. The lowest BCUT2D eigenvalue weighted by Crippen LogP contribution is -2.36. The molecule has 8 heteroatoms. The van der Waals surface area contributed by atoms with Crippen molar-refractivity contribution in [1.82, 2.24) is 24.9 Å². The van der Waals surface area contributed by atoms with E-state index < -0.39 is 0 Å². The minimum absolute atomic E-state index is 0.0349. The van der Waals surface area contributed by atoms with Crippen LogP contribution >= 0.6 is 11.8 Å². The number of rotatable bonds is 6. The minimum atomic E-state index is -0.330. The fourth-order valence-electron chi connectivity index (χ4n) is 3.79. The molecule has 0 aliphatic carbocycles. The zero-order valence-electron chi connectivity index (χ0n) is 17.2. The number of carbonyl (C=O) groups excluding carboxylic acids is 1. The summed E-state index contributed by atoms with van der Waals surface area (Å²) in [7, 11) is 0. The first-order valence-electron chi connectivity index (χ1n) is 10.5. The van der Waals surface area contributed by atoms with E-state index in [1.807, 2.05) is 65.9 Å². The number of nitrogens with zero attached hydrogens (tertiary/aromatic N) is 4. The van der Waals surface area contributed by atoms with Crippen LogP contribution in [-0.2, 0) is 9.53 Å². The van der Waals surface area contributed by atoms with Gasteiger partial charge < -0.3 is 10.1 Å². The fraction of sp³-hybridized carbons (Fsp3) is 0.304. The third-order valence-corrected chi connectivity index (χ3v) is 6.47. The molecule has 1 aliphatic heterocycles. The fourth-order valence-corrected chi connectivity index (χ4v) is 4.66. The van der Waals surface area contributed by atoms with Crippen molar-refractivity contribution in [2.75, 3.05) is 13.2 Å². The summed E-state index contributed by atoms with van der Waals surface area (Å²) in [6.45, 7) is 3.21. The Balaban J connectivity index is 1.49. The van der Waals surface area contributed by atoms with Crippen LogP contribution < -0.4 is 5.32 Å². The van der Waals surface area contributed by atoms with Gasteiger partial charge in [0.2, 0.25) is 5.91 Å². The Bertz CT molecular complexity index is 1220. The maximum absolute atomic E-state index is 12.7. The lowest BCUT2D eigenvalue weighted by Gasteiger charge is -2.15. The van der Waals surface area contributed by atoms with E-state index in [1.165, 1.54) is 11.8 Å². The van der Waals surface area contributed by atoms with Crippen LogP contribution in [0.3, 0.4) is 0 Å². The maximum Gasteiger partial charge on any atom is 0.233 e. The first kappa shape index (κ1) is 20.0. The van der Waals surface area contributed by atoms with E-state index in [9.17, 15) is 4.79 Å². The summed E-state index contributed by atoms with van der Waals surface area (Å²) in [4.78, 5) is 17.6. The van der Waals surface area contributed by atoms with E-state index in [0.717, 1.165) is 47.4 Å². The summed E-state index contributed by atoms with van der Waals surface area (Å²) in [6.07, 6.45) is 2.17. The van der Waals surface area contributed by atoms with Gasteiger partial charge in [0, 0.05) is 24.1 Å². The van der Waals surface area contributed by atoms with Crippen LogP contribution in [0.15, 0.2) is 59.8 Å². The van der Waals surface area contributed by atoms with Crippen LogP contribution in [0.4, 0.5) is 0 Å². The summed E-state index contributed by atoms with van der Waals surface area (Å²) >= 11 is 1.38. The lowest BCUT2D eigenvalue weighted by molar-refractivity contribution is -0.120. The molecule has 4 aromatic rings. The third kappa shape index (κ3) is 4.00. The molecule has 0 spiro atoms. The molecule has 5 rings (SSSR count). The first-order chi connectivity index (χ1) is 15.2. The molecule has 2 atom stereocenters. The predicted octanol–water partition coefficient (Wildman–Crippen LogP) is 3.72. The molecule has 7 nitrogen and oxygen atoms in total.